The van der Waals surface area contributed by atoms with E-state index in [0.717, 1.165) is 12.6 Å². The van der Waals surface area contributed by atoms with Gasteiger partial charge in [0.1, 0.15) is 0 Å². The zero-order valence-corrected chi connectivity index (χ0v) is 10.2. The van der Waals surface area contributed by atoms with Crippen LogP contribution in [0.3, 0.4) is 0 Å². The summed E-state index contributed by atoms with van der Waals surface area (Å²) < 4.78 is 0. The lowest BCUT2D eigenvalue weighted by Crippen LogP contribution is -2.59. The first kappa shape index (κ1) is 11.4. The minimum absolute atomic E-state index is 0.351. The van der Waals surface area contributed by atoms with E-state index in [9.17, 15) is 0 Å². The summed E-state index contributed by atoms with van der Waals surface area (Å²) in [5.74, 6) is 0. The molecule has 15 heavy (non-hydrogen) atoms. The summed E-state index contributed by atoms with van der Waals surface area (Å²) in [5.41, 5.74) is 6.27. The van der Waals surface area contributed by atoms with Crippen molar-refractivity contribution in [3.63, 3.8) is 0 Å². The molecule has 88 valence electrons. The van der Waals surface area contributed by atoms with Crippen LogP contribution in [0, 0.1) is 0 Å². The first-order valence-corrected chi connectivity index (χ1v) is 6.29. The molecule has 1 saturated heterocycles. The number of likely N-dealkylation sites (tertiary alicyclic amines) is 1. The molecule has 3 nitrogen and oxygen atoms in total. The number of hydrogen-bond donors (Lipinski definition) is 1. The molecule has 0 spiro atoms. The molecule has 0 amide bonds. The molecule has 1 heterocycles. The molecule has 3 heteroatoms. The fourth-order valence-corrected chi connectivity index (χ4v) is 3.05. The van der Waals surface area contributed by atoms with Crippen molar-refractivity contribution in [3.8, 4) is 0 Å². The van der Waals surface area contributed by atoms with E-state index in [4.69, 9.17) is 5.73 Å². The van der Waals surface area contributed by atoms with Crippen molar-refractivity contribution in [1.82, 2.24) is 9.80 Å². The molecule has 2 rings (SSSR count). The smallest absolute Gasteiger partial charge is 0.0329 e. The highest BCUT2D eigenvalue weighted by Gasteiger charge is 2.40. The minimum Gasteiger partial charge on any atom is -0.329 e. The molecule has 0 radical (unpaired) electrons. The molecule has 0 aromatic heterocycles. The number of likely N-dealkylation sites (N-methyl/N-ethyl adjacent to an activating group) is 2. The van der Waals surface area contributed by atoms with Crippen LogP contribution in [0.25, 0.3) is 0 Å². The molecule has 0 aromatic rings. The Morgan fingerprint density at radius 3 is 2.53 bits per heavy atom. The molecule has 1 aliphatic carbocycles. The Hall–Kier alpha value is -0.120. The molecule has 1 aliphatic heterocycles. The second kappa shape index (κ2) is 4.40. The summed E-state index contributed by atoms with van der Waals surface area (Å²) >= 11 is 0. The van der Waals surface area contributed by atoms with Crippen molar-refractivity contribution >= 4 is 0 Å². The summed E-state index contributed by atoms with van der Waals surface area (Å²) in [5, 5.41) is 0. The maximum atomic E-state index is 5.92. The van der Waals surface area contributed by atoms with Gasteiger partial charge in [-0.05, 0) is 52.7 Å². The lowest BCUT2D eigenvalue weighted by molar-refractivity contribution is 0.0301. The van der Waals surface area contributed by atoms with Gasteiger partial charge < -0.3 is 10.6 Å². The Bertz CT molecular complexity index is 207. The Balaban J connectivity index is 1.88. The summed E-state index contributed by atoms with van der Waals surface area (Å²) in [7, 11) is 4.51. The van der Waals surface area contributed by atoms with Gasteiger partial charge in [-0.1, -0.05) is 0 Å². The minimum atomic E-state index is 0.351. The fraction of sp³-hybridized carbons (Fsp3) is 1.00. The third kappa shape index (κ3) is 2.05. The molecule has 2 fully saturated rings. The molecule has 2 N–H and O–H groups in total. The van der Waals surface area contributed by atoms with E-state index in [0.29, 0.717) is 5.54 Å². The van der Waals surface area contributed by atoms with Gasteiger partial charge in [0, 0.05) is 24.7 Å². The zero-order valence-electron chi connectivity index (χ0n) is 10.2. The Morgan fingerprint density at radius 1 is 1.40 bits per heavy atom. The number of hydrogen-bond acceptors (Lipinski definition) is 3. The summed E-state index contributed by atoms with van der Waals surface area (Å²) in [6, 6.07) is 0.763. The summed E-state index contributed by atoms with van der Waals surface area (Å²) in [4.78, 5) is 5.03. The van der Waals surface area contributed by atoms with E-state index in [2.05, 4.69) is 23.9 Å². The quantitative estimate of drug-likeness (QED) is 0.750. The normalized spacial score (nSPS) is 30.8. The van der Waals surface area contributed by atoms with E-state index in [1.165, 1.54) is 45.2 Å². The predicted octanol–water partition coefficient (Wildman–Crippen LogP) is 0.894. The van der Waals surface area contributed by atoms with E-state index in [1.54, 1.807) is 0 Å². The Labute approximate surface area is 93.6 Å². The van der Waals surface area contributed by atoms with E-state index in [-0.39, 0.29) is 0 Å². The van der Waals surface area contributed by atoms with Crippen molar-refractivity contribution in [2.75, 3.05) is 33.7 Å². The topological polar surface area (TPSA) is 32.5 Å². The second-order valence-corrected chi connectivity index (χ2v) is 5.44. The van der Waals surface area contributed by atoms with Crippen LogP contribution < -0.4 is 5.73 Å². The monoisotopic (exact) mass is 211 g/mol. The van der Waals surface area contributed by atoms with Crippen LogP contribution in [0.1, 0.15) is 32.1 Å². The van der Waals surface area contributed by atoms with Gasteiger partial charge in [-0.3, -0.25) is 4.90 Å². The second-order valence-electron chi connectivity index (χ2n) is 5.44. The predicted molar refractivity (Wildman–Crippen MR) is 63.9 cm³/mol. The van der Waals surface area contributed by atoms with Gasteiger partial charge in [-0.2, -0.15) is 0 Å². The molecule has 0 aromatic carbocycles. The van der Waals surface area contributed by atoms with Gasteiger partial charge in [0.05, 0.1) is 0 Å². The van der Waals surface area contributed by atoms with Gasteiger partial charge >= 0.3 is 0 Å². The molecule has 1 unspecified atom stereocenters. The standard InChI is InChI=1S/C12H25N3/c1-14-8-3-5-11(14)9-15(2)12(10-13)6-4-7-12/h11H,3-10,13H2,1-2H3. The first-order chi connectivity index (χ1) is 7.18. The van der Waals surface area contributed by atoms with Gasteiger partial charge in [0.2, 0.25) is 0 Å². The van der Waals surface area contributed by atoms with Crippen molar-refractivity contribution in [1.29, 1.82) is 0 Å². The van der Waals surface area contributed by atoms with Crippen molar-refractivity contribution < 1.29 is 0 Å². The lowest BCUT2D eigenvalue weighted by Gasteiger charge is -2.49. The van der Waals surface area contributed by atoms with Crippen LogP contribution in [-0.4, -0.2) is 55.1 Å². The molecular weight excluding hydrogens is 186 g/mol. The zero-order chi connectivity index (χ0) is 10.9. The first-order valence-electron chi connectivity index (χ1n) is 6.29. The highest BCUT2D eigenvalue weighted by molar-refractivity contribution is 4.99. The lowest BCUT2D eigenvalue weighted by atomic mass is 9.75. The third-order valence-corrected chi connectivity index (χ3v) is 4.63. The van der Waals surface area contributed by atoms with Crippen molar-refractivity contribution in [2.24, 2.45) is 5.73 Å². The molecule has 1 atom stereocenters. The largest absolute Gasteiger partial charge is 0.329 e. The van der Waals surface area contributed by atoms with Gasteiger partial charge in [0.15, 0.2) is 0 Å². The third-order valence-electron chi connectivity index (χ3n) is 4.63. The molecular formula is C12H25N3. The van der Waals surface area contributed by atoms with Crippen LogP contribution in [0.15, 0.2) is 0 Å². The number of nitrogens with two attached hydrogens (primary N) is 1. The summed E-state index contributed by atoms with van der Waals surface area (Å²) in [6.45, 7) is 3.31. The van der Waals surface area contributed by atoms with Gasteiger partial charge in [0.25, 0.3) is 0 Å². The summed E-state index contributed by atoms with van der Waals surface area (Å²) in [6.07, 6.45) is 6.70. The van der Waals surface area contributed by atoms with Crippen LogP contribution in [0.4, 0.5) is 0 Å². The average molecular weight is 211 g/mol. The number of nitrogens with zero attached hydrogens (tertiary/aromatic N) is 2. The SMILES string of the molecule is CN1CCCC1CN(C)C1(CN)CCC1. The maximum Gasteiger partial charge on any atom is 0.0329 e. The van der Waals surface area contributed by atoms with Gasteiger partial charge in [-0.15, -0.1) is 0 Å². The molecule has 1 saturated carbocycles. The Morgan fingerprint density at radius 2 is 2.13 bits per heavy atom. The maximum absolute atomic E-state index is 5.92. The number of rotatable bonds is 4. The van der Waals surface area contributed by atoms with Gasteiger partial charge in [-0.25, -0.2) is 0 Å². The average Bonchev–Trinajstić information content (AvgIpc) is 2.51. The van der Waals surface area contributed by atoms with E-state index < -0.39 is 0 Å². The van der Waals surface area contributed by atoms with Crippen molar-refractivity contribution in [3.05, 3.63) is 0 Å². The fourth-order valence-electron chi connectivity index (χ4n) is 3.05. The highest BCUT2D eigenvalue weighted by atomic mass is 15.3. The Kier molecular flexibility index (Phi) is 3.33. The van der Waals surface area contributed by atoms with Crippen LogP contribution in [0.5, 0.6) is 0 Å². The molecule has 0 bridgehead atoms. The highest BCUT2D eigenvalue weighted by Crippen LogP contribution is 2.36. The van der Waals surface area contributed by atoms with E-state index in [1.807, 2.05) is 0 Å². The molecule has 2 aliphatic rings. The van der Waals surface area contributed by atoms with Crippen LogP contribution in [0.2, 0.25) is 0 Å². The van der Waals surface area contributed by atoms with Crippen molar-refractivity contribution in [2.45, 2.75) is 43.7 Å². The van der Waals surface area contributed by atoms with Crippen LogP contribution in [-0.2, 0) is 0 Å². The van der Waals surface area contributed by atoms with E-state index >= 15 is 0 Å². The van der Waals surface area contributed by atoms with Crippen LogP contribution >= 0.6 is 0 Å².